The van der Waals surface area contributed by atoms with Gasteiger partial charge in [0.25, 0.3) is 0 Å². The lowest BCUT2D eigenvalue weighted by atomic mass is 9.78. The summed E-state index contributed by atoms with van der Waals surface area (Å²) in [6.07, 6.45) is 3.46. The predicted octanol–water partition coefficient (Wildman–Crippen LogP) is 3.98. The molecule has 1 aliphatic rings. The Kier molecular flexibility index (Phi) is 6.45. The molecule has 27 heavy (non-hydrogen) atoms. The number of carbonyl (C=O) groups excluding carboxylic acids is 1. The minimum atomic E-state index is -0.630. The van der Waals surface area contributed by atoms with Gasteiger partial charge in [-0.1, -0.05) is 37.1 Å². The molecule has 0 saturated heterocycles. The smallest absolute Gasteiger partial charge is 0.230 e. The van der Waals surface area contributed by atoms with Crippen LogP contribution in [-0.2, 0) is 21.5 Å². The van der Waals surface area contributed by atoms with Crippen molar-refractivity contribution >= 4 is 5.91 Å². The quantitative estimate of drug-likeness (QED) is 0.714. The normalized spacial score (nSPS) is 15.5. The number of carbonyl (C=O) groups is 1. The summed E-state index contributed by atoms with van der Waals surface area (Å²) in [7, 11) is 1.63. The Morgan fingerprint density at radius 1 is 1.11 bits per heavy atom. The molecule has 5 heteroatoms. The maximum Gasteiger partial charge on any atom is 0.230 e. The highest BCUT2D eigenvalue weighted by Crippen LogP contribution is 2.41. The Hall–Kier alpha value is -2.40. The van der Waals surface area contributed by atoms with Crippen LogP contribution < -0.4 is 10.1 Å². The zero-order chi connectivity index (χ0) is 19.1. The lowest BCUT2D eigenvalue weighted by molar-refractivity contribution is -0.126. The third-order valence-corrected chi connectivity index (χ3v) is 5.18. The second kappa shape index (κ2) is 9.00. The van der Waals surface area contributed by atoms with Gasteiger partial charge in [0.2, 0.25) is 5.91 Å². The molecule has 0 aromatic heterocycles. The first-order valence-electron chi connectivity index (χ1n) is 9.39. The molecule has 144 valence electrons. The van der Waals surface area contributed by atoms with Crippen molar-refractivity contribution < 1.29 is 18.7 Å². The van der Waals surface area contributed by atoms with Crippen molar-refractivity contribution in [2.75, 3.05) is 20.3 Å². The molecule has 2 aromatic rings. The number of hydrogen-bond donors (Lipinski definition) is 1. The summed E-state index contributed by atoms with van der Waals surface area (Å²) >= 11 is 0. The van der Waals surface area contributed by atoms with Gasteiger partial charge < -0.3 is 14.8 Å². The number of amides is 1. The second-order valence-electron chi connectivity index (χ2n) is 6.97. The third-order valence-electron chi connectivity index (χ3n) is 5.18. The van der Waals surface area contributed by atoms with Gasteiger partial charge in [-0.25, -0.2) is 4.39 Å². The van der Waals surface area contributed by atoms with Crippen LogP contribution >= 0.6 is 0 Å². The van der Waals surface area contributed by atoms with Crippen molar-refractivity contribution in [2.45, 2.75) is 37.6 Å². The van der Waals surface area contributed by atoms with Crippen LogP contribution in [0.3, 0.4) is 0 Å². The van der Waals surface area contributed by atoms with Crippen molar-refractivity contribution in [2.24, 2.45) is 0 Å². The van der Waals surface area contributed by atoms with E-state index in [2.05, 4.69) is 5.32 Å². The molecule has 0 spiro atoms. The minimum Gasteiger partial charge on any atom is -0.491 e. The van der Waals surface area contributed by atoms with Crippen LogP contribution in [0.15, 0.2) is 48.5 Å². The van der Waals surface area contributed by atoms with E-state index in [9.17, 15) is 9.18 Å². The van der Waals surface area contributed by atoms with E-state index < -0.39 is 5.41 Å². The molecular weight excluding hydrogens is 345 g/mol. The average Bonchev–Trinajstić information content (AvgIpc) is 3.18. The van der Waals surface area contributed by atoms with Crippen molar-refractivity contribution in [3.05, 3.63) is 65.5 Å². The molecule has 0 bridgehead atoms. The number of nitrogens with one attached hydrogen (secondary N) is 1. The van der Waals surface area contributed by atoms with E-state index in [1.807, 2.05) is 30.3 Å². The van der Waals surface area contributed by atoms with E-state index in [4.69, 9.17) is 9.47 Å². The number of methoxy groups -OCH3 is 1. The van der Waals surface area contributed by atoms with Crippen molar-refractivity contribution in [1.82, 2.24) is 5.32 Å². The summed E-state index contributed by atoms with van der Waals surface area (Å²) in [5, 5.41) is 3.05. The maximum absolute atomic E-state index is 13.7. The van der Waals surface area contributed by atoms with Crippen molar-refractivity contribution in [3.63, 3.8) is 0 Å². The lowest BCUT2D eigenvalue weighted by Gasteiger charge is -2.28. The summed E-state index contributed by atoms with van der Waals surface area (Å²) in [5.41, 5.74) is 1.11. The minimum absolute atomic E-state index is 0.0312. The Morgan fingerprint density at radius 3 is 2.63 bits per heavy atom. The molecule has 1 saturated carbocycles. The van der Waals surface area contributed by atoms with Crippen LogP contribution in [0.2, 0.25) is 0 Å². The fourth-order valence-corrected chi connectivity index (χ4v) is 3.75. The first-order valence-corrected chi connectivity index (χ1v) is 9.39. The van der Waals surface area contributed by atoms with Gasteiger partial charge in [0.15, 0.2) is 0 Å². The van der Waals surface area contributed by atoms with Gasteiger partial charge in [0, 0.05) is 13.7 Å². The van der Waals surface area contributed by atoms with E-state index in [1.165, 1.54) is 12.1 Å². The highest BCUT2D eigenvalue weighted by Gasteiger charge is 2.42. The number of hydrogen-bond acceptors (Lipinski definition) is 3. The SMILES string of the molecule is COCCOc1cccc(CNC(=O)C2(c3cccc(F)c3)CCCC2)c1. The molecule has 0 radical (unpaired) electrons. The Morgan fingerprint density at radius 2 is 1.89 bits per heavy atom. The largest absolute Gasteiger partial charge is 0.491 e. The summed E-state index contributed by atoms with van der Waals surface area (Å²) in [6, 6.07) is 14.1. The average molecular weight is 371 g/mol. The fraction of sp³-hybridized carbons (Fsp3) is 0.409. The number of halogens is 1. The maximum atomic E-state index is 13.7. The number of ether oxygens (including phenoxy) is 2. The van der Waals surface area contributed by atoms with Gasteiger partial charge in [-0.2, -0.15) is 0 Å². The predicted molar refractivity (Wildman–Crippen MR) is 102 cm³/mol. The molecule has 2 aromatic carbocycles. The van der Waals surface area contributed by atoms with E-state index >= 15 is 0 Å². The second-order valence-corrected chi connectivity index (χ2v) is 6.97. The first-order chi connectivity index (χ1) is 13.1. The molecule has 0 unspecified atom stereocenters. The van der Waals surface area contributed by atoms with Gasteiger partial charge in [0.1, 0.15) is 18.2 Å². The standard InChI is InChI=1S/C22H26FNO3/c1-26-12-13-27-20-9-4-6-17(14-20)16-24-21(25)22(10-2-3-11-22)18-7-5-8-19(23)15-18/h4-9,14-15H,2-3,10-13,16H2,1H3,(H,24,25). The lowest BCUT2D eigenvalue weighted by Crippen LogP contribution is -2.42. The molecule has 0 heterocycles. The third kappa shape index (κ3) is 4.66. The summed E-state index contributed by atoms with van der Waals surface area (Å²) < 4.78 is 24.3. The van der Waals surface area contributed by atoms with Gasteiger partial charge >= 0.3 is 0 Å². The Labute approximate surface area is 159 Å². The Balaban J connectivity index is 1.68. The molecule has 0 aliphatic heterocycles. The summed E-state index contributed by atoms with van der Waals surface area (Å²) in [4.78, 5) is 13.1. The van der Waals surface area contributed by atoms with Gasteiger partial charge in [-0.05, 0) is 48.2 Å². The van der Waals surface area contributed by atoms with Crippen LogP contribution in [0.4, 0.5) is 4.39 Å². The number of benzene rings is 2. The molecule has 1 aliphatic carbocycles. The first kappa shape index (κ1) is 19.4. The van der Waals surface area contributed by atoms with E-state index in [1.54, 1.807) is 13.2 Å². The molecule has 0 atom stereocenters. The molecule has 1 amide bonds. The van der Waals surface area contributed by atoms with Gasteiger partial charge in [-0.3, -0.25) is 4.79 Å². The van der Waals surface area contributed by atoms with E-state index in [0.29, 0.717) is 19.8 Å². The van der Waals surface area contributed by atoms with Crippen molar-refractivity contribution in [3.8, 4) is 5.75 Å². The monoisotopic (exact) mass is 371 g/mol. The van der Waals surface area contributed by atoms with Crippen molar-refractivity contribution in [1.29, 1.82) is 0 Å². The number of rotatable bonds is 8. The fourth-order valence-electron chi connectivity index (χ4n) is 3.75. The summed E-state index contributed by atoms with van der Waals surface area (Å²) in [5.74, 6) is 0.420. The van der Waals surface area contributed by atoms with E-state index in [-0.39, 0.29) is 11.7 Å². The Bertz CT molecular complexity index is 772. The molecule has 1 fully saturated rings. The zero-order valence-electron chi connectivity index (χ0n) is 15.7. The zero-order valence-corrected chi connectivity index (χ0v) is 15.7. The summed E-state index contributed by atoms with van der Waals surface area (Å²) in [6.45, 7) is 1.42. The topological polar surface area (TPSA) is 47.6 Å². The van der Waals surface area contributed by atoms with Crippen LogP contribution in [0.5, 0.6) is 5.75 Å². The van der Waals surface area contributed by atoms with Crippen LogP contribution in [-0.4, -0.2) is 26.2 Å². The highest BCUT2D eigenvalue weighted by molar-refractivity contribution is 5.88. The van der Waals surface area contributed by atoms with Crippen LogP contribution in [0, 0.1) is 5.82 Å². The molecular formula is C22H26FNO3. The van der Waals surface area contributed by atoms with Crippen LogP contribution in [0.25, 0.3) is 0 Å². The highest BCUT2D eigenvalue weighted by atomic mass is 19.1. The molecule has 3 rings (SSSR count). The van der Waals surface area contributed by atoms with Gasteiger partial charge in [-0.15, -0.1) is 0 Å². The van der Waals surface area contributed by atoms with Crippen LogP contribution in [0.1, 0.15) is 36.8 Å². The van der Waals surface area contributed by atoms with E-state index in [0.717, 1.165) is 42.6 Å². The van der Waals surface area contributed by atoms with Gasteiger partial charge in [0.05, 0.1) is 12.0 Å². The molecule has 1 N–H and O–H groups in total. The molecule has 4 nitrogen and oxygen atoms in total.